The van der Waals surface area contributed by atoms with Gasteiger partial charge in [-0.1, -0.05) is 42.5 Å². The Morgan fingerprint density at radius 3 is 2.58 bits per heavy atom. The SMILES string of the molecule is O=S1(=O)CC2=CCCC=C2C(c2ccccc2)=NN1. The van der Waals surface area contributed by atoms with Crippen molar-refractivity contribution >= 4 is 15.7 Å². The average molecular weight is 274 g/mol. The van der Waals surface area contributed by atoms with E-state index >= 15 is 0 Å². The van der Waals surface area contributed by atoms with Crippen molar-refractivity contribution in [2.45, 2.75) is 12.8 Å². The molecule has 19 heavy (non-hydrogen) atoms. The summed E-state index contributed by atoms with van der Waals surface area (Å²) < 4.78 is 23.6. The van der Waals surface area contributed by atoms with Crippen LogP contribution in [-0.4, -0.2) is 19.9 Å². The summed E-state index contributed by atoms with van der Waals surface area (Å²) in [4.78, 5) is 2.30. The van der Waals surface area contributed by atoms with E-state index in [-0.39, 0.29) is 5.75 Å². The first-order chi connectivity index (χ1) is 9.16. The number of hydrogen-bond acceptors (Lipinski definition) is 3. The van der Waals surface area contributed by atoms with Gasteiger partial charge < -0.3 is 0 Å². The smallest absolute Gasteiger partial charge is 0.205 e. The fourth-order valence-electron chi connectivity index (χ4n) is 2.34. The molecule has 4 nitrogen and oxygen atoms in total. The number of nitrogens with zero attached hydrogens (tertiary/aromatic N) is 1. The van der Waals surface area contributed by atoms with Gasteiger partial charge in [-0.15, -0.1) is 0 Å². The highest BCUT2D eigenvalue weighted by Gasteiger charge is 2.25. The van der Waals surface area contributed by atoms with E-state index < -0.39 is 10.0 Å². The molecule has 0 radical (unpaired) electrons. The van der Waals surface area contributed by atoms with Crippen LogP contribution in [0.15, 0.2) is 58.7 Å². The van der Waals surface area contributed by atoms with E-state index in [9.17, 15) is 8.42 Å². The standard InChI is InChI=1S/C14H14N2O2S/c17-19(18)10-12-8-4-5-9-13(12)14(15-16-19)11-6-2-1-3-7-11/h1-3,6-9,16H,4-5,10H2. The zero-order chi connectivity index (χ0) is 13.3. The van der Waals surface area contributed by atoms with Crippen molar-refractivity contribution in [3.8, 4) is 0 Å². The van der Waals surface area contributed by atoms with E-state index in [1.807, 2.05) is 36.4 Å². The predicted octanol–water partition coefficient (Wildman–Crippen LogP) is 1.97. The fraction of sp³-hybridized carbons (Fsp3) is 0.214. The first-order valence-corrected chi connectivity index (χ1v) is 7.83. The molecule has 0 atom stereocenters. The molecular formula is C14H14N2O2S. The lowest BCUT2D eigenvalue weighted by molar-refractivity contribution is 0.587. The van der Waals surface area contributed by atoms with Crippen molar-refractivity contribution in [3.05, 3.63) is 59.2 Å². The average Bonchev–Trinajstić information content (AvgIpc) is 2.54. The van der Waals surface area contributed by atoms with E-state index in [4.69, 9.17) is 0 Å². The van der Waals surface area contributed by atoms with Gasteiger partial charge in [0, 0.05) is 11.1 Å². The third kappa shape index (κ3) is 2.46. The summed E-state index contributed by atoms with van der Waals surface area (Å²) in [6.45, 7) is 0. The molecule has 98 valence electrons. The summed E-state index contributed by atoms with van der Waals surface area (Å²) in [7, 11) is -3.38. The minimum atomic E-state index is -3.38. The van der Waals surface area contributed by atoms with Gasteiger partial charge in [0.25, 0.3) is 10.0 Å². The minimum Gasteiger partial charge on any atom is -0.205 e. The Morgan fingerprint density at radius 1 is 1.05 bits per heavy atom. The second-order valence-electron chi connectivity index (χ2n) is 4.60. The lowest BCUT2D eigenvalue weighted by Gasteiger charge is -2.14. The molecule has 0 bridgehead atoms. The van der Waals surface area contributed by atoms with Gasteiger partial charge in [-0.2, -0.15) is 5.10 Å². The van der Waals surface area contributed by atoms with Crippen LogP contribution in [0.5, 0.6) is 0 Å². The topological polar surface area (TPSA) is 58.5 Å². The molecule has 0 unspecified atom stereocenters. The lowest BCUT2D eigenvalue weighted by atomic mass is 9.91. The molecule has 1 N–H and O–H groups in total. The zero-order valence-corrected chi connectivity index (χ0v) is 11.2. The van der Waals surface area contributed by atoms with E-state index in [1.54, 1.807) is 0 Å². The summed E-state index contributed by atoms with van der Waals surface area (Å²) in [5.41, 5.74) is 3.41. The van der Waals surface area contributed by atoms with Crippen LogP contribution < -0.4 is 4.83 Å². The Kier molecular flexibility index (Phi) is 2.98. The number of sulfonamides is 1. The summed E-state index contributed by atoms with van der Waals surface area (Å²) >= 11 is 0. The van der Waals surface area contributed by atoms with Crippen molar-refractivity contribution in [2.75, 3.05) is 5.75 Å². The van der Waals surface area contributed by atoms with Gasteiger partial charge in [-0.05, 0) is 18.4 Å². The van der Waals surface area contributed by atoms with Gasteiger partial charge in [0.2, 0.25) is 0 Å². The highest BCUT2D eigenvalue weighted by Crippen LogP contribution is 2.26. The van der Waals surface area contributed by atoms with Gasteiger partial charge in [0.15, 0.2) is 0 Å². The van der Waals surface area contributed by atoms with E-state index in [0.29, 0.717) is 5.71 Å². The highest BCUT2D eigenvalue weighted by molar-refractivity contribution is 7.89. The van der Waals surface area contributed by atoms with Crippen molar-refractivity contribution in [2.24, 2.45) is 5.10 Å². The molecule has 0 saturated carbocycles. The monoisotopic (exact) mass is 274 g/mol. The molecule has 1 aromatic carbocycles. The number of fused-ring (bicyclic) bond motifs is 1. The number of hydrogen-bond donors (Lipinski definition) is 1. The Labute approximate surface area is 112 Å². The number of hydrazone groups is 1. The van der Waals surface area contributed by atoms with E-state index in [2.05, 4.69) is 16.0 Å². The quantitative estimate of drug-likeness (QED) is 0.851. The van der Waals surface area contributed by atoms with Gasteiger partial charge in [-0.3, -0.25) is 0 Å². The highest BCUT2D eigenvalue weighted by atomic mass is 32.2. The molecule has 1 aromatic rings. The molecular weight excluding hydrogens is 260 g/mol. The van der Waals surface area contributed by atoms with Crippen LogP contribution in [-0.2, 0) is 10.0 Å². The maximum atomic E-state index is 11.8. The van der Waals surface area contributed by atoms with Crippen molar-refractivity contribution in [3.63, 3.8) is 0 Å². The van der Waals surface area contributed by atoms with Crippen LogP contribution in [0.1, 0.15) is 18.4 Å². The van der Waals surface area contributed by atoms with Crippen LogP contribution in [0.25, 0.3) is 0 Å². The summed E-state index contributed by atoms with van der Waals surface area (Å²) in [6, 6.07) is 9.64. The number of nitrogens with one attached hydrogen (secondary N) is 1. The molecule has 0 saturated heterocycles. The molecule has 2 aliphatic rings. The molecule has 0 amide bonds. The molecule has 1 aliphatic carbocycles. The second-order valence-corrected chi connectivity index (χ2v) is 6.30. The van der Waals surface area contributed by atoms with Crippen molar-refractivity contribution < 1.29 is 8.42 Å². The van der Waals surface area contributed by atoms with Crippen molar-refractivity contribution in [1.29, 1.82) is 0 Å². The molecule has 1 aliphatic heterocycles. The van der Waals surface area contributed by atoms with Gasteiger partial charge in [-0.25, -0.2) is 13.2 Å². The van der Waals surface area contributed by atoms with E-state index in [0.717, 1.165) is 29.6 Å². The molecule has 5 heteroatoms. The third-order valence-electron chi connectivity index (χ3n) is 3.20. The van der Waals surface area contributed by atoms with Crippen LogP contribution >= 0.6 is 0 Å². The number of benzene rings is 1. The minimum absolute atomic E-state index is 0.00132. The molecule has 0 spiro atoms. The van der Waals surface area contributed by atoms with Gasteiger partial charge in [0.05, 0.1) is 11.5 Å². The van der Waals surface area contributed by atoms with Crippen LogP contribution in [0, 0.1) is 0 Å². The summed E-state index contributed by atoms with van der Waals surface area (Å²) in [6.07, 6.45) is 5.88. The zero-order valence-electron chi connectivity index (χ0n) is 10.3. The molecule has 0 fully saturated rings. The van der Waals surface area contributed by atoms with Crippen molar-refractivity contribution in [1.82, 2.24) is 4.83 Å². The van der Waals surface area contributed by atoms with Gasteiger partial charge >= 0.3 is 0 Å². The number of allylic oxidation sites excluding steroid dienone is 3. The Morgan fingerprint density at radius 2 is 1.79 bits per heavy atom. The Bertz CT molecular complexity index is 685. The Balaban J connectivity index is 2.14. The van der Waals surface area contributed by atoms with Crippen LogP contribution in [0.3, 0.4) is 0 Å². The molecule has 0 aromatic heterocycles. The second kappa shape index (κ2) is 4.66. The number of rotatable bonds is 1. The maximum Gasteiger partial charge on any atom is 0.251 e. The summed E-state index contributed by atoms with van der Waals surface area (Å²) in [5, 5.41) is 4.10. The summed E-state index contributed by atoms with van der Waals surface area (Å²) in [5.74, 6) is -0.00132. The van der Waals surface area contributed by atoms with Gasteiger partial charge in [0.1, 0.15) is 0 Å². The Hall–Kier alpha value is -1.88. The third-order valence-corrected chi connectivity index (χ3v) is 4.26. The van der Waals surface area contributed by atoms with Crippen LogP contribution in [0.2, 0.25) is 0 Å². The predicted molar refractivity (Wildman–Crippen MR) is 75.3 cm³/mol. The maximum absolute atomic E-state index is 11.8. The lowest BCUT2D eigenvalue weighted by Crippen LogP contribution is -2.20. The first kappa shape index (κ1) is 12.2. The van der Waals surface area contributed by atoms with E-state index in [1.165, 1.54) is 0 Å². The normalized spacial score (nSPS) is 21.2. The first-order valence-electron chi connectivity index (χ1n) is 6.18. The molecule has 3 rings (SSSR count). The fourth-order valence-corrected chi connectivity index (χ4v) is 3.32. The largest absolute Gasteiger partial charge is 0.251 e. The van der Waals surface area contributed by atoms with Crippen LogP contribution in [0.4, 0.5) is 0 Å². The molecule has 1 heterocycles.